The van der Waals surface area contributed by atoms with E-state index < -0.39 is 11.8 Å². The van der Waals surface area contributed by atoms with Crippen LogP contribution < -0.4 is 9.47 Å². The molecule has 0 bridgehead atoms. The van der Waals surface area contributed by atoms with E-state index in [2.05, 4.69) is 6.92 Å². The van der Waals surface area contributed by atoms with Gasteiger partial charge in [-0.1, -0.05) is 45.4 Å². The molecule has 0 aliphatic heterocycles. The normalized spacial score (nSPS) is 18.2. The first-order chi connectivity index (χ1) is 15.1. The monoisotopic (exact) mass is 423 g/mol. The number of benzene rings is 2. The summed E-state index contributed by atoms with van der Waals surface area (Å²) in [6, 6.07) is 12.2. The first kappa shape index (κ1) is 22.8. The SMILES string of the molecule is CCCCCC1CCC(COc2ccc(C(=O)Oc3ccc(C#N)c(F)c3)cc2)CC1. The molecule has 0 aromatic heterocycles. The third kappa shape index (κ3) is 6.82. The Bertz CT molecular complexity index is 896. The lowest BCUT2D eigenvalue weighted by Gasteiger charge is -2.28. The molecule has 4 nitrogen and oxygen atoms in total. The van der Waals surface area contributed by atoms with Crippen molar-refractivity contribution in [2.75, 3.05) is 6.61 Å². The van der Waals surface area contributed by atoms with Crippen LogP contribution in [0.15, 0.2) is 42.5 Å². The Morgan fingerprint density at radius 1 is 1.03 bits per heavy atom. The molecule has 1 saturated carbocycles. The molecular weight excluding hydrogens is 393 g/mol. The molecule has 5 heteroatoms. The lowest BCUT2D eigenvalue weighted by molar-refractivity contribution is 0.0734. The Morgan fingerprint density at radius 3 is 2.35 bits per heavy atom. The van der Waals surface area contributed by atoms with Gasteiger partial charge in [0.1, 0.15) is 23.4 Å². The number of unbranched alkanes of at least 4 members (excludes halogenated alkanes) is 2. The second-order valence-corrected chi connectivity index (χ2v) is 8.36. The summed E-state index contributed by atoms with van der Waals surface area (Å²) in [6.07, 6.45) is 10.4. The van der Waals surface area contributed by atoms with Gasteiger partial charge in [-0.15, -0.1) is 0 Å². The average Bonchev–Trinajstić information content (AvgIpc) is 2.79. The highest BCUT2D eigenvalue weighted by Crippen LogP contribution is 2.32. The topological polar surface area (TPSA) is 59.3 Å². The lowest BCUT2D eigenvalue weighted by Crippen LogP contribution is -2.20. The molecule has 0 radical (unpaired) electrons. The van der Waals surface area contributed by atoms with E-state index in [9.17, 15) is 9.18 Å². The number of nitrogens with zero attached hydrogens (tertiary/aromatic N) is 1. The van der Waals surface area contributed by atoms with Crippen LogP contribution in [0.5, 0.6) is 11.5 Å². The molecule has 0 saturated heterocycles. The Labute approximate surface area is 184 Å². The van der Waals surface area contributed by atoms with Gasteiger partial charge < -0.3 is 9.47 Å². The molecule has 0 spiro atoms. The number of rotatable bonds is 9. The van der Waals surface area contributed by atoms with E-state index in [1.807, 2.05) is 0 Å². The second-order valence-electron chi connectivity index (χ2n) is 8.36. The summed E-state index contributed by atoms with van der Waals surface area (Å²) in [4.78, 5) is 12.3. The van der Waals surface area contributed by atoms with E-state index in [0.717, 1.165) is 17.7 Å². The fraction of sp³-hybridized carbons (Fsp3) is 0.462. The van der Waals surface area contributed by atoms with E-state index in [-0.39, 0.29) is 11.3 Å². The molecule has 2 aromatic carbocycles. The summed E-state index contributed by atoms with van der Waals surface area (Å²) >= 11 is 0. The van der Waals surface area contributed by atoms with Gasteiger partial charge in [0.25, 0.3) is 0 Å². The number of esters is 1. The summed E-state index contributed by atoms with van der Waals surface area (Å²) in [7, 11) is 0. The van der Waals surface area contributed by atoms with Crippen molar-refractivity contribution in [2.24, 2.45) is 11.8 Å². The molecule has 31 heavy (non-hydrogen) atoms. The predicted molar refractivity (Wildman–Crippen MR) is 118 cm³/mol. The maximum atomic E-state index is 13.7. The van der Waals surface area contributed by atoms with E-state index in [1.165, 1.54) is 63.5 Å². The summed E-state index contributed by atoms with van der Waals surface area (Å²) in [6.45, 7) is 2.95. The zero-order valence-corrected chi connectivity index (χ0v) is 18.1. The first-order valence-electron chi connectivity index (χ1n) is 11.2. The van der Waals surface area contributed by atoms with Gasteiger partial charge in [-0.3, -0.25) is 0 Å². The van der Waals surface area contributed by atoms with Gasteiger partial charge in [0.15, 0.2) is 0 Å². The number of halogens is 1. The van der Waals surface area contributed by atoms with Gasteiger partial charge in [-0.25, -0.2) is 9.18 Å². The van der Waals surface area contributed by atoms with Gasteiger partial charge in [0.2, 0.25) is 0 Å². The molecule has 0 heterocycles. The van der Waals surface area contributed by atoms with Crippen molar-refractivity contribution in [1.82, 2.24) is 0 Å². The van der Waals surface area contributed by atoms with Gasteiger partial charge in [-0.2, -0.15) is 5.26 Å². The van der Waals surface area contributed by atoms with Crippen molar-refractivity contribution in [1.29, 1.82) is 5.26 Å². The molecule has 0 atom stereocenters. The summed E-state index contributed by atoms with van der Waals surface area (Å²) < 4.78 is 24.8. The third-order valence-electron chi connectivity index (χ3n) is 6.03. The van der Waals surface area contributed by atoms with Crippen LogP contribution in [0.4, 0.5) is 4.39 Å². The molecule has 2 aromatic rings. The minimum absolute atomic E-state index is 0.0622. The number of carbonyl (C=O) groups excluding carboxylic acids is 1. The van der Waals surface area contributed by atoms with E-state index in [1.54, 1.807) is 30.3 Å². The third-order valence-corrected chi connectivity index (χ3v) is 6.03. The second kappa shape index (κ2) is 11.5. The average molecular weight is 424 g/mol. The molecule has 0 amide bonds. The van der Waals surface area contributed by atoms with Crippen LogP contribution in [0.2, 0.25) is 0 Å². The quantitative estimate of drug-likeness (QED) is 0.256. The van der Waals surface area contributed by atoms with Crippen molar-refractivity contribution >= 4 is 5.97 Å². The largest absolute Gasteiger partial charge is 0.493 e. The number of hydrogen-bond donors (Lipinski definition) is 0. The Kier molecular flexibility index (Phi) is 8.46. The highest BCUT2D eigenvalue weighted by Gasteiger charge is 2.21. The van der Waals surface area contributed by atoms with Crippen LogP contribution in [0.3, 0.4) is 0 Å². The maximum absolute atomic E-state index is 13.7. The molecule has 3 rings (SSSR count). The molecule has 164 valence electrons. The summed E-state index contributed by atoms with van der Waals surface area (Å²) in [5, 5.41) is 8.76. The van der Waals surface area contributed by atoms with Crippen molar-refractivity contribution < 1.29 is 18.7 Å². The van der Waals surface area contributed by atoms with Crippen LogP contribution in [0, 0.1) is 29.0 Å². The van der Waals surface area contributed by atoms with Gasteiger partial charge in [0, 0.05) is 6.07 Å². The van der Waals surface area contributed by atoms with Crippen LogP contribution in [-0.2, 0) is 0 Å². The summed E-state index contributed by atoms with van der Waals surface area (Å²) in [5.74, 6) is 0.970. The van der Waals surface area contributed by atoms with E-state index >= 15 is 0 Å². The van der Waals surface area contributed by atoms with Crippen LogP contribution in [-0.4, -0.2) is 12.6 Å². The standard InChI is InChI=1S/C26H30FNO3/c1-2-3-4-5-19-6-8-20(9-7-19)18-30-23-13-10-21(11-14-23)26(29)31-24-15-12-22(17-28)25(27)16-24/h10-16,19-20H,2-9,18H2,1H3. The smallest absolute Gasteiger partial charge is 0.343 e. The molecule has 1 fully saturated rings. The van der Waals surface area contributed by atoms with Gasteiger partial charge in [0.05, 0.1) is 17.7 Å². The van der Waals surface area contributed by atoms with E-state index in [0.29, 0.717) is 18.1 Å². The van der Waals surface area contributed by atoms with Crippen LogP contribution in [0.1, 0.15) is 74.2 Å². The number of ether oxygens (including phenoxy) is 2. The first-order valence-corrected chi connectivity index (χ1v) is 11.2. The number of carbonyl (C=O) groups is 1. The minimum atomic E-state index is -0.716. The predicted octanol–water partition coefficient (Wildman–Crippen LogP) is 6.68. The Morgan fingerprint density at radius 2 is 1.71 bits per heavy atom. The Balaban J connectivity index is 1.43. The fourth-order valence-electron chi connectivity index (χ4n) is 4.09. The van der Waals surface area contributed by atoms with E-state index in [4.69, 9.17) is 14.7 Å². The number of hydrogen-bond acceptors (Lipinski definition) is 4. The van der Waals surface area contributed by atoms with Crippen molar-refractivity contribution in [3.63, 3.8) is 0 Å². The maximum Gasteiger partial charge on any atom is 0.343 e. The summed E-state index contributed by atoms with van der Waals surface area (Å²) in [5.41, 5.74) is 0.260. The van der Waals surface area contributed by atoms with Crippen molar-refractivity contribution in [3.8, 4) is 17.6 Å². The van der Waals surface area contributed by atoms with Gasteiger partial charge >= 0.3 is 5.97 Å². The van der Waals surface area contributed by atoms with Gasteiger partial charge in [-0.05, 0) is 61.1 Å². The number of nitriles is 1. The fourth-order valence-corrected chi connectivity index (χ4v) is 4.09. The lowest BCUT2D eigenvalue weighted by atomic mass is 9.80. The highest BCUT2D eigenvalue weighted by atomic mass is 19.1. The zero-order chi connectivity index (χ0) is 22.1. The molecule has 1 aliphatic rings. The molecule has 1 aliphatic carbocycles. The molecule has 0 unspecified atom stereocenters. The van der Waals surface area contributed by atoms with Crippen LogP contribution in [0.25, 0.3) is 0 Å². The van der Waals surface area contributed by atoms with Crippen molar-refractivity contribution in [3.05, 3.63) is 59.4 Å². The van der Waals surface area contributed by atoms with Crippen molar-refractivity contribution in [2.45, 2.75) is 58.3 Å². The Hall–Kier alpha value is -2.87. The van der Waals surface area contributed by atoms with Crippen LogP contribution >= 0.6 is 0 Å². The molecular formula is C26H30FNO3. The zero-order valence-electron chi connectivity index (χ0n) is 18.1. The highest BCUT2D eigenvalue weighted by molar-refractivity contribution is 5.91. The minimum Gasteiger partial charge on any atom is -0.493 e. The molecule has 0 N–H and O–H groups in total.